The second-order valence-corrected chi connectivity index (χ2v) is 10.9. The molecule has 0 aliphatic carbocycles. The molecule has 1 atom stereocenters. The van der Waals surface area contributed by atoms with Crippen molar-refractivity contribution in [2.75, 3.05) is 18.8 Å². The van der Waals surface area contributed by atoms with Gasteiger partial charge in [0, 0.05) is 47.3 Å². The Morgan fingerprint density at radius 2 is 1.97 bits per heavy atom. The predicted molar refractivity (Wildman–Crippen MR) is 132 cm³/mol. The summed E-state index contributed by atoms with van der Waals surface area (Å²) in [4.78, 5) is 12.6. The van der Waals surface area contributed by atoms with Gasteiger partial charge < -0.3 is 4.57 Å². The number of para-hydroxylation sites is 1. The summed E-state index contributed by atoms with van der Waals surface area (Å²) in [5.74, 6) is -0.616. The number of fused-ring (bicyclic) bond motifs is 1. The lowest BCUT2D eigenvalue weighted by atomic mass is 9.99. The lowest BCUT2D eigenvalue weighted by Crippen LogP contribution is -2.45. The lowest BCUT2D eigenvalue weighted by molar-refractivity contribution is -0.126. The third kappa shape index (κ3) is 5.46. The van der Waals surface area contributed by atoms with Crippen LogP contribution >= 0.6 is 11.6 Å². The van der Waals surface area contributed by atoms with Crippen LogP contribution in [0.1, 0.15) is 30.9 Å². The standard InChI is InChI=1S/C24H27ClN4O3S/c1-2-33(31,32)29-13-5-6-19(17-29)24(30)27-26-14-20-16-28(23-8-4-3-7-22(20)23)15-18-9-11-21(25)12-10-18/h3-4,7-12,14,16,19H,2,5-6,13,15,17H2,1H3,(H,27,30)/b26-14-/t19-/m0/s1. The number of sulfonamides is 1. The van der Waals surface area contributed by atoms with Crippen LogP contribution in [0.2, 0.25) is 5.02 Å². The van der Waals surface area contributed by atoms with Crippen molar-refractivity contribution >= 4 is 44.6 Å². The first-order valence-electron chi connectivity index (χ1n) is 11.0. The molecule has 33 heavy (non-hydrogen) atoms. The molecule has 1 amide bonds. The smallest absolute Gasteiger partial charge is 0.244 e. The van der Waals surface area contributed by atoms with Gasteiger partial charge >= 0.3 is 0 Å². The maximum absolute atomic E-state index is 12.6. The van der Waals surface area contributed by atoms with Crippen LogP contribution < -0.4 is 5.43 Å². The van der Waals surface area contributed by atoms with E-state index >= 15 is 0 Å². The molecule has 0 radical (unpaired) electrons. The van der Waals surface area contributed by atoms with Gasteiger partial charge in [0.1, 0.15) is 0 Å². The van der Waals surface area contributed by atoms with E-state index in [4.69, 9.17) is 11.6 Å². The van der Waals surface area contributed by atoms with Crippen LogP contribution in [0, 0.1) is 5.92 Å². The number of nitrogens with zero attached hydrogens (tertiary/aromatic N) is 3. The zero-order valence-corrected chi connectivity index (χ0v) is 20.0. The molecular weight excluding hydrogens is 460 g/mol. The molecule has 1 aliphatic heterocycles. The molecule has 1 aliphatic rings. The van der Waals surface area contributed by atoms with Gasteiger partial charge in [-0.2, -0.15) is 5.10 Å². The molecule has 0 unspecified atom stereocenters. The van der Waals surface area contributed by atoms with Crippen molar-refractivity contribution < 1.29 is 13.2 Å². The van der Waals surface area contributed by atoms with Crippen LogP contribution in [-0.4, -0.2) is 48.3 Å². The first-order valence-corrected chi connectivity index (χ1v) is 13.0. The summed E-state index contributed by atoms with van der Waals surface area (Å²) in [5, 5.41) is 5.91. The third-order valence-corrected chi connectivity index (χ3v) is 8.08. The summed E-state index contributed by atoms with van der Waals surface area (Å²) in [5.41, 5.74) is 5.68. The topological polar surface area (TPSA) is 83.8 Å². The Kier molecular flexibility index (Phi) is 7.17. The molecular formula is C24H27ClN4O3S. The fourth-order valence-electron chi connectivity index (χ4n) is 4.14. The molecule has 1 fully saturated rings. The minimum atomic E-state index is -3.30. The van der Waals surface area contributed by atoms with E-state index in [9.17, 15) is 13.2 Å². The summed E-state index contributed by atoms with van der Waals surface area (Å²) in [6, 6.07) is 15.8. The highest BCUT2D eigenvalue weighted by molar-refractivity contribution is 7.89. The van der Waals surface area contributed by atoms with E-state index in [-0.39, 0.29) is 18.2 Å². The number of halogens is 1. The Hall–Kier alpha value is -2.68. The van der Waals surface area contributed by atoms with Crippen molar-refractivity contribution in [3.8, 4) is 0 Å². The maximum atomic E-state index is 12.6. The fraction of sp³-hybridized carbons (Fsp3) is 0.333. The number of rotatable bonds is 7. The van der Waals surface area contributed by atoms with Gasteiger partial charge in [-0.3, -0.25) is 4.79 Å². The molecule has 2 heterocycles. The van der Waals surface area contributed by atoms with Crippen LogP contribution in [0.15, 0.2) is 59.8 Å². The molecule has 0 bridgehead atoms. The van der Waals surface area contributed by atoms with Crippen LogP contribution in [-0.2, 0) is 21.4 Å². The van der Waals surface area contributed by atoms with Gasteiger partial charge in [0.2, 0.25) is 15.9 Å². The number of piperidine rings is 1. The number of carbonyl (C=O) groups excluding carboxylic acids is 1. The Morgan fingerprint density at radius 1 is 1.21 bits per heavy atom. The third-order valence-electron chi connectivity index (χ3n) is 5.98. The number of hydrogen-bond donors (Lipinski definition) is 1. The molecule has 0 spiro atoms. The van der Waals surface area contributed by atoms with E-state index in [2.05, 4.69) is 15.1 Å². The van der Waals surface area contributed by atoms with Crippen molar-refractivity contribution in [2.45, 2.75) is 26.3 Å². The van der Waals surface area contributed by atoms with Crippen molar-refractivity contribution in [1.29, 1.82) is 0 Å². The predicted octanol–water partition coefficient (Wildman–Crippen LogP) is 3.85. The number of hydrogen-bond acceptors (Lipinski definition) is 4. The van der Waals surface area contributed by atoms with Gasteiger partial charge in [0.25, 0.3) is 0 Å². The monoisotopic (exact) mass is 486 g/mol. The molecule has 1 aromatic heterocycles. The fourth-order valence-corrected chi connectivity index (χ4v) is 5.45. The van der Waals surface area contributed by atoms with Crippen molar-refractivity contribution in [3.05, 3.63) is 70.9 Å². The molecule has 7 nitrogen and oxygen atoms in total. The minimum Gasteiger partial charge on any atom is -0.342 e. The SMILES string of the molecule is CCS(=O)(=O)N1CCC[C@H](C(=O)N/N=C\c2cn(Cc3ccc(Cl)cc3)c3ccccc23)C1. The Balaban J connectivity index is 1.47. The average Bonchev–Trinajstić information content (AvgIpc) is 3.18. The van der Waals surface area contributed by atoms with Crippen LogP contribution in [0.5, 0.6) is 0 Å². The number of benzene rings is 2. The molecule has 1 saturated heterocycles. The number of nitrogens with one attached hydrogen (secondary N) is 1. The summed E-state index contributed by atoms with van der Waals surface area (Å²) in [7, 11) is -3.30. The molecule has 174 valence electrons. The first kappa shape index (κ1) is 23.5. The Morgan fingerprint density at radius 3 is 2.73 bits per heavy atom. The van der Waals surface area contributed by atoms with E-state index < -0.39 is 15.9 Å². The van der Waals surface area contributed by atoms with E-state index in [1.807, 2.05) is 54.7 Å². The van der Waals surface area contributed by atoms with Gasteiger partial charge in [-0.25, -0.2) is 18.1 Å². The minimum absolute atomic E-state index is 0.0412. The highest BCUT2D eigenvalue weighted by Crippen LogP contribution is 2.22. The summed E-state index contributed by atoms with van der Waals surface area (Å²) in [6.07, 6.45) is 4.96. The van der Waals surface area contributed by atoms with Gasteiger partial charge in [0.05, 0.1) is 17.9 Å². The largest absolute Gasteiger partial charge is 0.342 e. The highest BCUT2D eigenvalue weighted by atomic mass is 35.5. The normalized spacial score (nSPS) is 17.6. The van der Waals surface area contributed by atoms with Gasteiger partial charge in [0.15, 0.2) is 0 Å². The second-order valence-electron chi connectivity index (χ2n) is 8.19. The highest BCUT2D eigenvalue weighted by Gasteiger charge is 2.31. The average molecular weight is 487 g/mol. The number of carbonyl (C=O) groups is 1. The summed E-state index contributed by atoms with van der Waals surface area (Å²) in [6.45, 7) is 2.97. The van der Waals surface area contributed by atoms with E-state index in [1.54, 1.807) is 13.1 Å². The number of hydrazone groups is 1. The summed E-state index contributed by atoms with van der Waals surface area (Å²) >= 11 is 6.00. The van der Waals surface area contributed by atoms with Crippen LogP contribution in [0.25, 0.3) is 10.9 Å². The number of amides is 1. The maximum Gasteiger partial charge on any atom is 0.244 e. The summed E-state index contributed by atoms with van der Waals surface area (Å²) < 4.78 is 27.9. The van der Waals surface area contributed by atoms with Crippen molar-refractivity contribution in [1.82, 2.24) is 14.3 Å². The van der Waals surface area contributed by atoms with Gasteiger partial charge in [-0.1, -0.05) is 41.9 Å². The zero-order valence-electron chi connectivity index (χ0n) is 18.4. The van der Waals surface area contributed by atoms with Crippen LogP contribution in [0.3, 0.4) is 0 Å². The van der Waals surface area contributed by atoms with Gasteiger partial charge in [-0.05, 0) is 43.5 Å². The first-order chi connectivity index (χ1) is 15.9. The number of aromatic nitrogens is 1. The zero-order chi connectivity index (χ0) is 23.4. The van der Waals surface area contributed by atoms with Gasteiger partial charge in [-0.15, -0.1) is 0 Å². The van der Waals surface area contributed by atoms with Crippen molar-refractivity contribution in [2.24, 2.45) is 11.0 Å². The Labute approximate surface area is 199 Å². The quantitative estimate of drug-likeness (QED) is 0.406. The van der Waals surface area contributed by atoms with Crippen molar-refractivity contribution in [3.63, 3.8) is 0 Å². The van der Waals surface area contributed by atoms with E-state index in [0.29, 0.717) is 31.0 Å². The van der Waals surface area contributed by atoms with E-state index in [1.165, 1.54) is 4.31 Å². The molecule has 2 aromatic carbocycles. The Bertz CT molecular complexity index is 1270. The molecule has 3 aromatic rings. The van der Waals surface area contributed by atoms with E-state index in [0.717, 1.165) is 22.0 Å². The molecule has 1 N–H and O–H groups in total. The lowest BCUT2D eigenvalue weighted by Gasteiger charge is -2.30. The molecule has 9 heteroatoms. The molecule has 0 saturated carbocycles. The molecule has 4 rings (SSSR count). The second kappa shape index (κ2) is 10.1. The van der Waals surface area contributed by atoms with Crippen LogP contribution in [0.4, 0.5) is 0 Å².